The van der Waals surface area contributed by atoms with Crippen LogP contribution >= 0.6 is 34.5 Å². The maximum atomic E-state index is 11.9. The Labute approximate surface area is 107 Å². The van der Waals surface area contributed by atoms with Crippen molar-refractivity contribution >= 4 is 46.2 Å². The summed E-state index contributed by atoms with van der Waals surface area (Å²) in [7, 11) is 0. The van der Waals surface area contributed by atoms with Crippen molar-refractivity contribution in [3.63, 3.8) is 0 Å². The molecule has 86 valence electrons. The summed E-state index contributed by atoms with van der Waals surface area (Å²) in [6, 6.07) is 1.55. The summed E-state index contributed by atoms with van der Waals surface area (Å²) in [5.41, 5.74) is 0.413. The van der Waals surface area contributed by atoms with Crippen LogP contribution in [0.4, 0.5) is 0 Å². The molecule has 1 aromatic heterocycles. The van der Waals surface area contributed by atoms with Crippen LogP contribution in [-0.4, -0.2) is 29.7 Å². The quantitative estimate of drug-likeness (QED) is 0.797. The summed E-state index contributed by atoms with van der Waals surface area (Å²) < 4.78 is 0.878. The van der Waals surface area contributed by atoms with Gasteiger partial charge in [0.05, 0.1) is 16.4 Å². The molecule has 0 aliphatic carbocycles. The van der Waals surface area contributed by atoms with Gasteiger partial charge in [-0.2, -0.15) is 0 Å². The van der Waals surface area contributed by atoms with Crippen LogP contribution in [0.3, 0.4) is 0 Å². The van der Waals surface area contributed by atoms with Crippen LogP contribution < -0.4 is 0 Å². The molecular weight excluding hydrogens is 269 g/mol. The number of likely N-dealkylation sites (tertiary alicyclic amines) is 1. The predicted molar refractivity (Wildman–Crippen MR) is 64.5 cm³/mol. The lowest BCUT2D eigenvalue weighted by Crippen LogP contribution is -2.30. The van der Waals surface area contributed by atoms with E-state index in [1.165, 1.54) is 0 Å². The highest BCUT2D eigenvalue weighted by Crippen LogP contribution is 2.31. The fraction of sp³-hybridized carbons (Fsp3) is 0.400. The second-order valence-electron chi connectivity index (χ2n) is 3.58. The maximum Gasteiger partial charge on any atom is 0.223 e. The normalized spacial score (nSPS) is 15.9. The summed E-state index contributed by atoms with van der Waals surface area (Å²) in [5, 5.41) is 0. The van der Waals surface area contributed by atoms with Crippen molar-refractivity contribution in [2.45, 2.75) is 12.8 Å². The lowest BCUT2D eigenvalue weighted by atomic mass is 10.2. The third-order valence-electron chi connectivity index (χ3n) is 2.46. The van der Waals surface area contributed by atoms with Crippen LogP contribution in [-0.2, 0) is 4.79 Å². The van der Waals surface area contributed by atoms with E-state index in [9.17, 15) is 9.59 Å². The first-order chi connectivity index (χ1) is 7.58. The van der Waals surface area contributed by atoms with Gasteiger partial charge in [-0.15, -0.1) is 11.3 Å². The molecule has 0 radical (unpaired) electrons. The van der Waals surface area contributed by atoms with Gasteiger partial charge in [-0.25, -0.2) is 0 Å². The highest BCUT2D eigenvalue weighted by Gasteiger charge is 2.24. The van der Waals surface area contributed by atoms with Crippen LogP contribution in [0.15, 0.2) is 6.07 Å². The highest BCUT2D eigenvalue weighted by molar-refractivity contribution is 7.20. The van der Waals surface area contributed by atoms with Crippen molar-refractivity contribution in [2.75, 3.05) is 13.1 Å². The molecule has 1 amide bonds. The number of hydrogen-bond acceptors (Lipinski definition) is 3. The first kappa shape index (κ1) is 11.9. The molecule has 1 aliphatic heterocycles. The number of nitrogens with zero attached hydrogens (tertiary/aromatic N) is 1. The molecule has 0 aromatic carbocycles. The molecule has 2 rings (SSSR count). The van der Waals surface area contributed by atoms with Crippen LogP contribution in [0.25, 0.3) is 0 Å². The minimum absolute atomic E-state index is 0.0331. The van der Waals surface area contributed by atoms with Gasteiger partial charge in [-0.1, -0.05) is 23.2 Å². The van der Waals surface area contributed by atoms with E-state index in [-0.39, 0.29) is 18.2 Å². The van der Waals surface area contributed by atoms with Crippen LogP contribution in [0.2, 0.25) is 8.67 Å². The molecule has 1 saturated heterocycles. The molecule has 0 bridgehead atoms. The number of carbonyl (C=O) groups is 2. The molecule has 0 atom stereocenters. The zero-order valence-corrected chi connectivity index (χ0v) is 10.7. The second-order valence-corrected chi connectivity index (χ2v) is 5.87. The number of rotatable bonds is 3. The van der Waals surface area contributed by atoms with Gasteiger partial charge in [0.1, 0.15) is 4.34 Å². The lowest BCUT2D eigenvalue weighted by molar-refractivity contribution is -0.127. The number of thiophene rings is 1. The van der Waals surface area contributed by atoms with Crippen molar-refractivity contribution in [3.05, 3.63) is 20.3 Å². The number of ketones is 1. The van der Waals surface area contributed by atoms with Crippen LogP contribution in [0.5, 0.6) is 0 Å². The molecule has 0 spiro atoms. The Balaban J connectivity index is 2.08. The van der Waals surface area contributed by atoms with Gasteiger partial charge in [0.15, 0.2) is 5.78 Å². The Kier molecular flexibility index (Phi) is 3.52. The summed E-state index contributed by atoms with van der Waals surface area (Å²) in [5.74, 6) is -0.116. The van der Waals surface area contributed by atoms with E-state index in [1.54, 1.807) is 11.0 Å². The number of carbonyl (C=O) groups excluding carboxylic acids is 2. The van der Waals surface area contributed by atoms with Gasteiger partial charge in [0.25, 0.3) is 0 Å². The Morgan fingerprint density at radius 2 is 2.25 bits per heavy atom. The summed E-state index contributed by atoms with van der Waals surface area (Å²) >= 11 is 12.8. The average molecular weight is 278 g/mol. The Morgan fingerprint density at radius 1 is 1.50 bits per heavy atom. The minimum atomic E-state index is -0.150. The van der Waals surface area contributed by atoms with E-state index >= 15 is 0 Å². The highest BCUT2D eigenvalue weighted by atomic mass is 35.5. The molecule has 1 fully saturated rings. The first-order valence-corrected chi connectivity index (χ1v) is 6.41. The molecule has 1 aromatic rings. The fourth-order valence-electron chi connectivity index (χ4n) is 1.66. The Morgan fingerprint density at radius 3 is 2.75 bits per heavy atom. The third kappa shape index (κ3) is 2.39. The fourth-order valence-corrected chi connectivity index (χ4v) is 3.16. The SMILES string of the molecule is O=C(CN1CCCC1=O)c1cc(Cl)sc1Cl. The number of amides is 1. The molecule has 6 heteroatoms. The molecule has 16 heavy (non-hydrogen) atoms. The van der Waals surface area contributed by atoms with Crippen LogP contribution in [0, 0.1) is 0 Å². The molecule has 1 aliphatic rings. The zero-order valence-electron chi connectivity index (χ0n) is 8.33. The summed E-state index contributed by atoms with van der Waals surface area (Å²) in [6.45, 7) is 0.756. The summed E-state index contributed by atoms with van der Waals surface area (Å²) in [6.07, 6.45) is 1.36. The van der Waals surface area contributed by atoms with Gasteiger partial charge in [0.2, 0.25) is 5.91 Å². The van der Waals surface area contributed by atoms with Crippen LogP contribution in [0.1, 0.15) is 23.2 Å². The van der Waals surface area contributed by atoms with Gasteiger partial charge in [-0.3, -0.25) is 9.59 Å². The van der Waals surface area contributed by atoms with Gasteiger partial charge >= 0.3 is 0 Å². The Hall–Kier alpha value is -0.580. The summed E-state index contributed by atoms with van der Waals surface area (Å²) in [4.78, 5) is 24.8. The van der Waals surface area contributed by atoms with E-state index < -0.39 is 0 Å². The van der Waals surface area contributed by atoms with Crippen molar-refractivity contribution in [1.82, 2.24) is 4.90 Å². The van der Waals surface area contributed by atoms with E-state index in [1.807, 2.05) is 0 Å². The molecule has 2 heterocycles. The van der Waals surface area contributed by atoms with Gasteiger partial charge in [0, 0.05) is 13.0 Å². The minimum Gasteiger partial charge on any atom is -0.335 e. The zero-order chi connectivity index (χ0) is 11.7. The number of halogens is 2. The van der Waals surface area contributed by atoms with E-state index in [2.05, 4.69) is 0 Å². The molecule has 0 N–H and O–H groups in total. The average Bonchev–Trinajstić information content (AvgIpc) is 2.74. The van der Waals surface area contributed by atoms with E-state index in [0.717, 1.165) is 17.8 Å². The van der Waals surface area contributed by atoms with E-state index in [4.69, 9.17) is 23.2 Å². The molecule has 0 unspecified atom stereocenters. The third-order valence-corrected chi connectivity index (χ3v) is 3.95. The van der Waals surface area contributed by atoms with Crippen molar-refractivity contribution in [2.24, 2.45) is 0 Å². The lowest BCUT2D eigenvalue weighted by Gasteiger charge is -2.13. The predicted octanol–water partition coefficient (Wildman–Crippen LogP) is 2.86. The maximum absolute atomic E-state index is 11.9. The standard InChI is InChI=1S/C10H9Cl2NO2S/c11-8-4-6(10(12)16-8)7(14)5-13-3-1-2-9(13)15/h4H,1-3,5H2. The first-order valence-electron chi connectivity index (χ1n) is 4.83. The van der Waals surface area contributed by atoms with Crippen molar-refractivity contribution < 1.29 is 9.59 Å². The smallest absolute Gasteiger partial charge is 0.223 e. The number of Topliss-reactive ketones (excluding diaryl/α,β-unsaturated/α-hetero) is 1. The molecule has 3 nitrogen and oxygen atoms in total. The van der Waals surface area contributed by atoms with E-state index in [0.29, 0.717) is 27.2 Å². The van der Waals surface area contributed by atoms with Crippen molar-refractivity contribution in [1.29, 1.82) is 0 Å². The second kappa shape index (κ2) is 4.73. The van der Waals surface area contributed by atoms with Gasteiger partial charge < -0.3 is 4.90 Å². The molecule has 0 saturated carbocycles. The Bertz CT molecular complexity index is 444. The largest absolute Gasteiger partial charge is 0.335 e. The monoisotopic (exact) mass is 277 g/mol. The topological polar surface area (TPSA) is 37.4 Å². The molecular formula is C10H9Cl2NO2S. The van der Waals surface area contributed by atoms with Crippen molar-refractivity contribution in [3.8, 4) is 0 Å². The number of hydrogen-bond donors (Lipinski definition) is 0. The van der Waals surface area contributed by atoms with Gasteiger partial charge in [-0.05, 0) is 12.5 Å².